The fourth-order valence-electron chi connectivity index (χ4n) is 6.31. The normalized spacial score (nSPS) is 45.6. The molecule has 1 amide bonds. The van der Waals surface area contributed by atoms with E-state index in [0.717, 1.165) is 0 Å². The van der Waals surface area contributed by atoms with Gasteiger partial charge in [0.15, 0.2) is 25.0 Å². The molecule has 4 fully saturated rings. The van der Waals surface area contributed by atoms with E-state index in [9.17, 15) is 49.3 Å². The third-order valence-electron chi connectivity index (χ3n) is 9.25. The maximum atomic E-state index is 14.0. The molecule has 0 spiro atoms. The molecule has 20 nitrogen and oxygen atoms in total. The van der Waals surface area contributed by atoms with Gasteiger partial charge in [0.05, 0.1) is 43.5 Å². The van der Waals surface area contributed by atoms with Crippen LogP contribution < -0.4 is 34.0 Å². The maximum Gasteiger partial charge on any atom is 0.294 e. The fourth-order valence-corrected chi connectivity index (χ4v) is 6.31. The highest BCUT2D eigenvalue weighted by Gasteiger charge is 2.54. The average molecular weight is 721 g/mol. The number of aliphatic hydroxyl groups excluding tert-OH is 7. The first kappa shape index (κ1) is 40.4. The number of nitrogens with two attached hydrogens (primary N) is 5. The monoisotopic (exact) mass is 720 g/mol. The largest absolute Gasteiger partial charge is 0.394 e. The van der Waals surface area contributed by atoms with Gasteiger partial charge in [-0.25, -0.2) is 8.78 Å². The van der Waals surface area contributed by atoms with Gasteiger partial charge in [0.1, 0.15) is 48.8 Å². The van der Waals surface area contributed by atoms with Crippen LogP contribution in [0.1, 0.15) is 19.3 Å². The molecule has 0 aromatic rings. The van der Waals surface area contributed by atoms with E-state index in [1.54, 1.807) is 0 Å². The summed E-state index contributed by atoms with van der Waals surface area (Å²) in [6, 6.07) is -3.73. The van der Waals surface area contributed by atoms with Crippen molar-refractivity contribution in [2.45, 2.75) is 135 Å². The van der Waals surface area contributed by atoms with Crippen LogP contribution in [-0.2, 0) is 33.2 Å². The van der Waals surface area contributed by atoms with Crippen molar-refractivity contribution >= 4 is 5.91 Å². The molecule has 49 heavy (non-hydrogen) atoms. The van der Waals surface area contributed by atoms with E-state index >= 15 is 0 Å². The van der Waals surface area contributed by atoms with Gasteiger partial charge in [-0.15, -0.1) is 0 Å². The van der Waals surface area contributed by atoms with Gasteiger partial charge in [0, 0.05) is 32.0 Å². The van der Waals surface area contributed by atoms with Crippen LogP contribution in [0.3, 0.4) is 0 Å². The summed E-state index contributed by atoms with van der Waals surface area (Å²) < 4.78 is 62.8. The third-order valence-corrected chi connectivity index (χ3v) is 9.25. The van der Waals surface area contributed by atoms with Crippen LogP contribution in [-0.4, -0.2) is 184 Å². The lowest BCUT2D eigenvalue weighted by atomic mass is 9.83. The Bertz CT molecular complexity index is 1080. The van der Waals surface area contributed by atoms with Gasteiger partial charge in [-0.2, -0.15) is 0 Å². The SMILES string of the molecule is NC[C@@H]1C[C@@H](O)[C@@H](N)[C@@H](O[C@H]2[C@H](O[C@@H]3O[C@H](CO)[C@@H](O[C@@H]4C[C@@H](O)[C@H](O)[C@H](CN)O4)[C@H]3O)[C@@H](O)[C@H](NC(=O)[C@@H](O)C(F)(F)CN)C[C@@H]2N)O1. The molecule has 0 aromatic heterocycles. The van der Waals surface area contributed by atoms with Crippen molar-refractivity contribution in [2.24, 2.45) is 28.7 Å². The van der Waals surface area contributed by atoms with E-state index in [1.807, 2.05) is 0 Å². The van der Waals surface area contributed by atoms with Gasteiger partial charge in [-0.1, -0.05) is 0 Å². The van der Waals surface area contributed by atoms with Crippen LogP contribution in [0, 0.1) is 0 Å². The van der Waals surface area contributed by atoms with Crippen LogP contribution in [0.25, 0.3) is 0 Å². The Morgan fingerprint density at radius 3 is 2.10 bits per heavy atom. The van der Waals surface area contributed by atoms with Crippen molar-refractivity contribution in [3.63, 3.8) is 0 Å². The number of amides is 1. The summed E-state index contributed by atoms with van der Waals surface area (Å²) in [6.07, 6.45) is -22.2. The molecular formula is C27H50F2N6O14. The summed E-state index contributed by atoms with van der Waals surface area (Å²) >= 11 is 0. The van der Waals surface area contributed by atoms with E-state index < -0.39 is 135 Å². The van der Waals surface area contributed by atoms with Crippen LogP contribution in [0.15, 0.2) is 0 Å². The lowest BCUT2D eigenvalue weighted by Gasteiger charge is -2.47. The molecule has 286 valence electrons. The van der Waals surface area contributed by atoms with Gasteiger partial charge >= 0.3 is 0 Å². The second-order valence-electron chi connectivity index (χ2n) is 12.8. The van der Waals surface area contributed by atoms with E-state index in [1.165, 1.54) is 0 Å². The van der Waals surface area contributed by atoms with Crippen LogP contribution in [0.5, 0.6) is 0 Å². The summed E-state index contributed by atoms with van der Waals surface area (Å²) in [5.74, 6) is -5.57. The minimum Gasteiger partial charge on any atom is -0.394 e. The molecule has 0 bridgehead atoms. The molecule has 22 heteroatoms. The van der Waals surface area contributed by atoms with Crippen LogP contribution >= 0.6 is 0 Å². The molecule has 18 atom stereocenters. The highest BCUT2D eigenvalue weighted by atomic mass is 19.3. The minimum atomic E-state index is -4.00. The number of rotatable bonds is 13. The molecule has 3 aliphatic heterocycles. The number of alkyl halides is 2. The molecule has 1 saturated carbocycles. The number of carbonyl (C=O) groups excluding carboxylic acids is 1. The number of nitrogens with one attached hydrogen (secondary N) is 1. The van der Waals surface area contributed by atoms with Gasteiger partial charge in [0.25, 0.3) is 11.8 Å². The molecule has 0 unspecified atom stereocenters. The van der Waals surface area contributed by atoms with Gasteiger partial charge < -0.3 is 98.2 Å². The van der Waals surface area contributed by atoms with Gasteiger partial charge in [-0.3, -0.25) is 4.79 Å². The molecule has 4 aliphatic rings. The Morgan fingerprint density at radius 1 is 0.816 bits per heavy atom. The number of halogens is 2. The highest BCUT2D eigenvalue weighted by Crippen LogP contribution is 2.35. The first-order valence-electron chi connectivity index (χ1n) is 16.0. The van der Waals surface area contributed by atoms with Crippen molar-refractivity contribution < 1.29 is 77.7 Å². The predicted molar refractivity (Wildman–Crippen MR) is 158 cm³/mol. The van der Waals surface area contributed by atoms with Crippen molar-refractivity contribution in [3.8, 4) is 0 Å². The van der Waals surface area contributed by atoms with Crippen LogP contribution in [0.4, 0.5) is 8.78 Å². The molecule has 1 aliphatic carbocycles. The number of carbonyl (C=O) groups is 1. The molecule has 4 rings (SSSR count). The first-order chi connectivity index (χ1) is 23.1. The molecule has 3 saturated heterocycles. The Labute approximate surface area is 279 Å². The van der Waals surface area contributed by atoms with Crippen molar-refractivity contribution in [2.75, 3.05) is 26.2 Å². The molecule has 18 N–H and O–H groups in total. The molecular weight excluding hydrogens is 670 g/mol. The zero-order chi connectivity index (χ0) is 36.4. The zero-order valence-electron chi connectivity index (χ0n) is 26.5. The maximum absolute atomic E-state index is 14.0. The number of ether oxygens (including phenoxy) is 6. The predicted octanol–water partition coefficient (Wildman–Crippen LogP) is -7.69. The molecule has 0 radical (unpaired) electrons. The molecule has 0 aromatic carbocycles. The quantitative estimate of drug-likeness (QED) is 0.0840. The Balaban J connectivity index is 1.56. The second kappa shape index (κ2) is 17.0. The third kappa shape index (κ3) is 8.98. The Hall–Kier alpha value is -1.39. The minimum absolute atomic E-state index is 0.00839. The highest BCUT2D eigenvalue weighted by molar-refractivity contribution is 5.82. The summed E-state index contributed by atoms with van der Waals surface area (Å²) in [5, 5.41) is 75.5. The average Bonchev–Trinajstić information content (AvgIpc) is 3.36. The molecule has 3 heterocycles. The van der Waals surface area contributed by atoms with E-state index in [2.05, 4.69) is 5.32 Å². The lowest BCUT2D eigenvalue weighted by molar-refractivity contribution is -0.295. The van der Waals surface area contributed by atoms with E-state index in [4.69, 9.17) is 57.1 Å². The number of aliphatic hydroxyl groups is 7. The summed E-state index contributed by atoms with van der Waals surface area (Å²) in [4.78, 5) is 12.6. The topological polar surface area (TPSA) is 356 Å². The van der Waals surface area contributed by atoms with Crippen molar-refractivity contribution in [1.29, 1.82) is 0 Å². The van der Waals surface area contributed by atoms with Gasteiger partial charge in [0.2, 0.25) is 0 Å². The lowest BCUT2D eigenvalue weighted by Crippen LogP contribution is -2.68. The number of hydrogen-bond donors (Lipinski definition) is 13. The van der Waals surface area contributed by atoms with Crippen molar-refractivity contribution in [1.82, 2.24) is 5.32 Å². The van der Waals surface area contributed by atoms with Crippen LogP contribution in [0.2, 0.25) is 0 Å². The first-order valence-corrected chi connectivity index (χ1v) is 16.0. The smallest absolute Gasteiger partial charge is 0.294 e. The number of hydrogen-bond acceptors (Lipinski definition) is 19. The van der Waals surface area contributed by atoms with Gasteiger partial charge in [-0.05, 0) is 6.42 Å². The van der Waals surface area contributed by atoms with E-state index in [0.29, 0.717) is 0 Å². The van der Waals surface area contributed by atoms with E-state index in [-0.39, 0.29) is 32.4 Å². The standard InChI is InChI=1S/C27H50F2N6O14/c28-27(29,7-32)23(42)24(43)35-10-2-9(33)20(48-25-16(34)11(37)1-8(4-30)44-25)22(17(10)39)49-26-19(41)21(14(6-36)46-26)47-15-3-12(38)18(40)13(5-31)45-15/h8-23,25-26,36-42H,1-7,30-34H2,(H,35,43)/t8-,9-,10+,11+,12+,13-,14+,15+,16+,17-,18-,19+,20+,21+,22+,23+,25+,26-/m0/s1. The Kier molecular flexibility index (Phi) is 14.0. The van der Waals surface area contributed by atoms with Crippen molar-refractivity contribution in [3.05, 3.63) is 0 Å². The zero-order valence-corrected chi connectivity index (χ0v) is 26.5. The second-order valence-corrected chi connectivity index (χ2v) is 12.8. The summed E-state index contributed by atoms with van der Waals surface area (Å²) in [7, 11) is 0. The Morgan fingerprint density at radius 2 is 1.49 bits per heavy atom. The summed E-state index contributed by atoms with van der Waals surface area (Å²) in [6.45, 7) is -2.25. The summed E-state index contributed by atoms with van der Waals surface area (Å²) in [5.41, 5.74) is 28.8. The fraction of sp³-hybridized carbons (Fsp3) is 0.963.